The van der Waals surface area contributed by atoms with Gasteiger partial charge in [-0.3, -0.25) is 0 Å². The van der Waals surface area contributed by atoms with Crippen molar-refractivity contribution in [3.63, 3.8) is 0 Å². The Labute approximate surface area is 184 Å². The summed E-state index contributed by atoms with van der Waals surface area (Å²) in [6, 6.07) is 8.51. The van der Waals surface area contributed by atoms with Crippen molar-refractivity contribution in [2.75, 3.05) is 0 Å². The van der Waals surface area contributed by atoms with Crippen LogP contribution in [0.1, 0.15) is 35.0 Å². The summed E-state index contributed by atoms with van der Waals surface area (Å²) in [5.74, 6) is 1.78. The van der Waals surface area contributed by atoms with Gasteiger partial charge in [0.1, 0.15) is 5.01 Å². The summed E-state index contributed by atoms with van der Waals surface area (Å²) in [6.07, 6.45) is 1.05. The SMILES string of the molecule is CCCn1c(SCc2csc(-c3cccc(C)c3)n2)nnc1-c1csc(C)c1C. The Bertz CT molecular complexity index is 1120. The van der Waals surface area contributed by atoms with Crippen LogP contribution in [0.15, 0.2) is 40.2 Å². The third-order valence-electron chi connectivity index (χ3n) is 4.86. The zero-order valence-corrected chi connectivity index (χ0v) is 19.5. The van der Waals surface area contributed by atoms with Crippen LogP contribution in [-0.2, 0) is 12.3 Å². The number of aromatic nitrogens is 4. The fraction of sp³-hybridized carbons (Fsp3) is 0.318. The maximum atomic E-state index is 4.84. The number of rotatable bonds is 7. The number of hydrogen-bond acceptors (Lipinski definition) is 6. The highest BCUT2D eigenvalue weighted by Crippen LogP contribution is 2.33. The average molecular weight is 441 g/mol. The Morgan fingerprint density at radius 3 is 2.66 bits per heavy atom. The van der Waals surface area contributed by atoms with Gasteiger partial charge in [0.25, 0.3) is 0 Å². The fourth-order valence-electron chi connectivity index (χ4n) is 3.18. The van der Waals surface area contributed by atoms with Crippen molar-refractivity contribution in [3.05, 3.63) is 56.7 Å². The largest absolute Gasteiger partial charge is 0.302 e. The second kappa shape index (κ2) is 8.81. The van der Waals surface area contributed by atoms with Gasteiger partial charge in [-0.25, -0.2) is 4.98 Å². The normalized spacial score (nSPS) is 11.3. The molecule has 0 aliphatic heterocycles. The molecule has 0 N–H and O–H groups in total. The minimum absolute atomic E-state index is 0.797. The molecule has 0 amide bonds. The van der Waals surface area contributed by atoms with Crippen LogP contribution in [0.4, 0.5) is 0 Å². The first-order valence-corrected chi connectivity index (χ1v) is 12.4. The van der Waals surface area contributed by atoms with Crippen LogP contribution in [0.25, 0.3) is 22.0 Å². The minimum Gasteiger partial charge on any atom is -0.302 e. The first-order chi connectivity index (χ1) is 14.1. The lowest BCUT2D eigenvalue weighted by Crippen LogP contribution is -2.02. The van der Waals surface area contributed by atoms with Crippen LogP contribution < -0.4 is 0 Å². The van der Waals surface area contributed by atoms with E-state index < -0.39 is 0 Å². The van der Waals surface area contributed by atoms with E-state index >= 15 is 0 Å². The molecule has 0 saturated carbocycles. The Morgan fingerprint density at radius 2 is 1.93 bits per heavy atom. The lowest BCUT2D eigenvalue weighted by Gasteiger charge is -2.08. The number of hydrogen-bond donors (Lipinski definition) is 0. The molecule has 150 valence electrons. The molecule has 0 saturated heterocycles. The molecule has 29 heavy (non-hydrogen) atoms. The number of benzene rings is 1. The van der Waals surface area contributed by atoms with Crippen molar-refractivity contribution in [2.45, 2.75) is 51.6 Å². The summed E-state index contributed by atoms with van der Waals surface area (Å²) in [4.78, 5) is 6.18. The summed E-state index contributed by atoms with van der Waals surface area (Å²) in [6.45, 7) is 9.56. The second-order valence-electron chi connectivity index (χ2n) is 7.09. The van der Waals surface area contributed by atoms with Crippen molar-refractivity contribution >= 4 is 34.4 Å². The van der Waals surface area contributed by atoms with E-state index in [1.54, 1.807) is 34.4 Å². The molecular formula is C22H24N4S3. The number of thiazole rings is 1. The van der Waals surface area contributed by atoms with E-state index in [9.17, 15) is 0 Å². The third-order valence-corrected chi connectivity index (χ3v) is 7.81. The van der Waals surface area contributed by atoms with E-state index in [2.05, 4.69) is 77.5 Å². The van der Waals surface area contributed by atoms with Gasteiger partial charge in [-0.2, -0.15) is 0 Å². The molecule has 3 heterocycles. The van der Waals surface area contributed by atoms with Crippen LogP contribution >= 0.6 is 34.4 Å². The van der Waals surface area contributed by atoms with Gasteiger partial charge < -0.3 is 4.57 Å². The highest BCUT2D eigenvalue weighted by molar-refractivity contribution is 7.98. The van der Waals surface area contributed by atoms with Gasteiger partial charge in [0, 0.05) is 39.1 Å². The van der Waals surface area contributed by atoms with Gasteiger partial charge in [0.15, 0.2) is 11.0 Å². The maximum absolute atomic E-state index is 4.84. The summed E-state index contributed by atoms with van der Waals surface area (Å²) in [5.41, 5.74) is 6.04. The van der Waals surface area contributed by atoms with E-state index in [1.165, 1.54) is 27.1 Å². The van der Waals surface area contributed by atoms with Crippen molar-refractivity contribution < 1.29 is 0 Å². The van der Waals surface area contributed by atoms with Crippen molar-refractivity contribution in [2.24, 2.45) is 0 Å². The van der Waals surface area contributed by atoms with Gasteiger partial charge in [-0.15, -0.1) is 32.9 Å². The smallest absolute Gasteiger partial charge is 0.191 e. The summed E-state index contributed by atoms with van der Waals surface area (Å²) >= 11 is 5.20. The molecule has 0 bridgehead atoms. The van der Waals surface area contributed by atoms with Gasteiger partial charge in [0.05, 0.1) is 5.69 Å². The van der Waals surface area contributed by atoms with Crippen LogP contribution in [0, 0.1) is 20.8 Å². The van der Waals surface area contributed by atoms with E-state index in [-0.39, 0.29) is 0 Å². The zero-order chi connectivity index (χ0) is 20.4. The van der Waals surface area contributed by atoms with Gasteiger partial charge in [0.2, 0.25) is 0 Å². The number of thioether (sulfide) groups is 1. The molecule has 0 spiro atoms. The van der Waals surface area contributed by atoms with Crippen molar-refractivity contribution in [1.29, 1.82) is 0 Å². The zero-order valence-electron chi connectivity index (χ0n) is 17.1. The molecule has 3 aromatic heterocycles. The molecule has 0 unspecified atom stereocenters. The molecule has 0 aliphatic rings. The molecular weight excluding hydrogens is 416 g/mol. The molecule has 0 radical (unpaired) electrons. The molecule has 4 nitrogen and oxygen atoms in total. The highest BCUT2D eigenvalue weighted by atomic mass is 32.2. The van der Waals surface area contributed by atoms with Crippen molar-refractivity contribution in [3.8, 4) is 22.0 Å². The Morgan fingerprint density at radius 1 is 1.07 bits per heavy atom. The van der Waals surface area contributed by atoms with Crippen LogP contribution in [0.3, 0.4) is 0 Å². The standard InChI is InChI=1S/C22H24N4S3/c1-5-9-26-20(19-13-27-16(4)15(19)3)24-25-22(26)29-12-18-11-28-21(23-18)17-8-6-7-14(2)10-17/h6-8,10-11,13H,5,9,12H2,1-4H3. The highest BCUT2D eigenvalue weighted by Gasteiger charge is 2.18. The molecule has 0 atom stereocenters. The number of nitrogens with zero attached hydrogens (tertiary/aromatic N) is 4. The van der Waals surface area contributed by atoms with Crippen LogP contribution in [0.5, 0.6) is 0 Å². The minimum atomic E-state index is 0.797. The Hall–Kier alpha value is -1.96. The fourth-order valence-corrected chi connectivity index (χ4v) is 5.82. The first-order valence-electron chi connectivity index (χ1n) is 9.69. The molecule has 0 aliphatic carbocycles. The summed E-state index contributed by atoms with van der Waals surface area (Å²) < 4.78 is 2.26. The lowest BCUT2D eigenvalue weighted by atomic mass is 10.1. The Balaban J connectivity index is 1.54. The first kappa shape index (κ1) is 20.3. The molecule has 1 aromatic carbocycles. The van der Waals surface area contributed by atoms with Crippen LogP contribution in [-0.4, -0.2) is 19.7 Å². The average Bonchev–Trinajstić information content (AvgIpc) is 3.41. The molecule has 0 fully saturated rings. The summed E-state index contributed by atoms with van der Waals surface area (Å²) in [5, 5.41) is 15.4. The van der Waals surface area contributed by atoms with Gasteiger partial charge >= 0.3 is 0 Å². The summed E-state index contributed by atoms with van der Waals surface area (Å²) in [7, 11) is 0. The van der Waals surface area contributed by atoms with Crippen LogP contribution in [0.2, 0.25) is 0 Å². The lowest BCUT2D eigenvalue weighted by molar-refractivity contribution is 0.626. The quantitative estimate of drug-likeness (QED) is 0.298. The van der Waals surface area contributed by atoms with Crippen molar-refractivity contribution in [1.82, 2.24) is 19.7 Å². The second-order valence-corrected chi connectivity index (χ2v) is 9.97. The molecule has 4 aromatic rings. The number of thiophene rings is 1. The van der Waals surface area contributed by atoms with E-state index in [1.807, 2.05) is 0 Å². The van der Waals surface area contributed by atoms with E-state index in [4.69, 9.17) is 4.98 Å². The monoisotopic (exact) mass is 440 g/mol. The Kier molecular flexibility index (Phi) is 6.18. The van der Waals surface area contributed by atoms with E-state index in [0.29, 0.717) is 0 Å². The maximum Gasteiger partial charge on any atom is 0.191 e. The van der Waals surface area contributed by atoms with E-state index in [0.717, 1.165) is 40.4 Å². The topological polar surface area (TPSA) is 43.6 Å². The molecule has 7 heteroatoms. The molecule has 4 rings (SSSR count). The predicted octanol–water partition coefficient (Wildman–Crippen LogP) is 6.76. The predicted molar refractivity (Wildman–Crippen MR) is 125 cm³/mol. The third kappa shape index (κ3) is 4.32. The van der Waals surface area contributed by atoms with Gasteiger partial charge in [-0.05, 0) is 38.8 Å². The number of aryl methyl sites for hydroxylation is 2. The van der Waals surface area contributed by atoms with Gasteiger partial charge in [-0.1, -0.05) is 42.4 Å².